The zero-order chi connectivity index (χ0) is 17.9. The van der Waals surface area contributed by atoms with Crippen LogP contribution in [0.25, 0.3) is 10.2 Å². The van der Waals surface area contributed by atoms with Gasteiger partial charge in [0.1, 0.15) is 10.5 Å². The van der Waals surface area contributed by atoms with Gasteiger partial charge in [-0.15, -0.1) is 11.3 Å². The molecule has 4 rings (SSSR count). The van der Waals surface area contributed by atoms with Gasteiger partial charge < -0.3 is 9.88 Å². The lowest BCUT2D eigenvalue weighted by Crippen LogP contribution is -2.31. The number of aromatic nitrogens is 2. The van der Waals surface area contributed by atoms with Crippen LogP contribution in [0.15, 0.2) is 40.5 Å². The standard InChI is InChI=1S/C20H24N4OS/c1-23(14-18-21-16-9-12-26-19(16)20(25)22-18)13-15-7-3-4-8-17(15)24-10-5-2-6-11-24/h3-4,7-9,12H,2,5-6,10-11,13-14H2,1H3,(H,21,22,25). The molecule has 0 radical (unpaired) electrons. The van der Waals surface area contributed by atoms with Gasteiger partial charge in [-0.05, 0) is 49.4 Å². The summed E-state index contributed by atoms with van der Waals surface area (Å²) >= 11 is 1.44. The van der Waals surface area contributed by atoms with Crippen LogP contribution in [0.5, 0.6) is 0 Å². The van der Waals surface area contributed by atoms with Gasteiger partial charge in [0.05, 0.1) is 12.1 Å². The maximum absolute atomic E-state index is 12.2. The molecular formula is C20H24N4OS. The van der Waals surface area contributed by atoms with Crippen LogP contribution < -0.4 is 10.5 Å². The van der Waals surface area contributed by atoms with Gasteiger partial charge in [0.15, 0.2) is 0 Å². The minimum atomic E-state index is -0.0397. The molecule has 2 aromatic heterocycles. The molecule has 1 fully saturated rings. The quantitative estimate of drug-likeness (QED) is 0.747. The van der Waals surface area contributed by atoms with Gasteiger partial charge in [0.2, 0.25) is 0 Å². The smallest absolute Gasteiger partial charge is 0.268 e. The molecule has 6 heteroatoms. The number of hydrogen-bond acceptors (Lipinski definition) is 5. The Balaban J connectivity index is 1.51. The second-order valence-corrected chi connectivity index (χ2v) is 7.91. The van der Waals surface area contributed by atoms with E-state index in [1.165, 1.54) is 41.9 Å². The normalized spacial score (nSPS) is 15.1. The Morgan fingerprint density at radius 1 is 1.15 bits per heavy atom. The van der Waals surface area contributed by atoms with Crippen LogP contribution in [-0.2, 0) is 13.1 Å². The van der Waals surface area contributed by atoms with E-state index >= 15 is 0 Å². The molecule has 0 spiro atoms. The SMILES string of the molecule is CN(Cc1nc2ccsc2c(=O)[nH]1)Cc1ccccc1N1CCCCC1. The molecule has 0 atom stereocenters. The average molecular weight is 369 g/mol. The van der Waals surface area contributed by atoms with Crippen molar-refractivity contribution in [3.8, 4) is 0 Å². The van der Waals surface area contributed by atoms with Gasteiger partial charge in [0, 0.05) is 25.3 Å². The number of anilines is 1. The number of thiophene rings is 1. The van der Waals surface area contributed by atoms with Gasteiger partial charge in [0.25, 0.3) is 5.56 Å². The van der Waals surface area contributed by atoms with E-state index in [1.54, 1.807) is 0 Å². The van der Waals surface area contributed by atoms with Crippen LogP contribution in [0.1, 0.15) is 30.7 Å². The van der Waals surface area contributed by atoms with Gasteiger partial charge in [-0.2, -0.15) is 0 Å². The van der Waals surface area contributed by atoms with E-state index in [0.717, 1.165) is 31.0 Å². The number of rotatable bonds is 5. The van der Waals surface area contributed by atoms with Crippen molar-refractivity contribution in [1.82, 2.24) is 14.9 Å². The van der Waals surface area contributed by atoms with Gasteiger partial charge >= 0.3 is 0 Å². The molecule has 136 valence electrons. The Bertz CT molecular complexity index is 942. The molecule has 1 N–H and O–H groups in total. The Kier molecular flexibility index (Phi) is 5.04. The molecule has 1 saturated heterocycles. The molecule has 5 nitrogen and oxygen atoms in total. The number of nitrogens with one attached hydrogen (secondary N) is 1. The highest BCUT2D eigenvalue weighted by Crippen LogP contribution is 2.25. The first-order valence-electron chi connectivity index (χ1n) is 9.18. The van der Waals surface area contributed by atoms with E-state index < -0.39 is 0 Å². The number of para-hydroxylation sites is 1. The molecule has 0 unspecified atom stereocenters. The third-order valence-corrected chi connectivity index (χ3v) is 5.81. The predicted molar refractivity (Wildman–Crippen MR) is 108 cm³/mol. The average Bonchev–Trinajstić information content (AvgIpc) is 3.12. The van der Waals surface area contributed by atoms with Crippen LogP contribution in [0, 0.1) is 0 Å². The van der Waals surface area contributed by atoms with Crippen LogP contribution in [0.4, 0.5) is 5.69 Å². The molecule has 1 aromatic carbocycles. The maximum Gasteiger partial charge on any atom is 0.268 e. The highest BCUT2D eigenvalue weighted by Gasteiger charge is 2.15. The molecule has 26 heavy (non-hydrogen) atoms. The highest BCUT2D eigenvalue weighted by atomic mass is 32.1. The van der Waals surface area contributed by atoms with Crippen LogP contribution >= 0.6 is 11.3 Å². The van der Waals surface area contributed by atoms with E-state index in [-0.39, 0.29) is 5.56 Å². The lowest BCUT2D eigenvalue weighted by atomic mass is 10.1. The maximum atomic E-state index is 12.2. The van der Waals surface area contributed by atoms with Crippen LogP contribution in [0.3, 0.4) is 0 Å². The molecular weight excluding hydrogens is 344 g/mol. The highest BCUT2D eigenvalue weighted by molar-refractivity contribution is 7.17. The van der Waals surface area contributed by atoms with Crippen molar-refractivity contribution in [3.05, 3.63) is 57.5 Å². The molecule has 1 aliphatic heterocycles. The van der Waals surface area contributed by atoms with E-state index in [9.17, 15) is 4.79 Å². The Labute approximate surface area is 157 Å². The summed E-state index contributed by atoms with van der Waals surface area (Å²) in [7, 11) is 2.07. The first-order valence-corrected chi connectivity index (χ1v) is 10.1. The fourth-order valence-electron chi connectivity index (χ4n) is 3.69. The first-order chi connectivity index (χ1) is 12.7. The molecule has 1 aliphatic rings. The summed E-state index contributed by atoms with van der Waals surface area (Å²) < 4.78 is 0.701. The number of fused-ring (bicyclic) bond motifs is 1. The summed E-state index contributed by atoms with van der Waals surface area (Å²) in [5.74, 6) is 0.721. The molecule has 0 amide bonds. The topological polar surface area (TPSA) is 52.2 Å². The van der Waals surface area contributed by atoms with Crippen molar-refractivity contribution in [3.63, 3.8) is 0 Å². The lowest BCUT2D eigenvalue weighted by Gasteiger charge is -2.31. The van der Waals surface area contributed by atoms with Crippen molar-refractivity contribution >= 4 is 27.2 Å². The Morgan fingerprint density at radius 3 is 2.81 bits per heavy atom. The lowest BCUT2D eigenvalue weighted by molar-refractivity contribution is 0.310. The minimum absolute atomic E-state index is 0.0397. The van der Waals surface area contributed by atoms with Crippen molar-refractivity contribution in [2.24, 2.45) is 0 Å². The molecule has 0 aliphatic carbocycles. The fraction of sp³-hybridized carbons (Fsp3) is 0.400. The summed E-state index contributed by atoms with van der Waals surface area (Å²) in [6.45, 7) is 3.74. The second-order valence-electron chi connectivity index (χ2n) is 7.00. The molecule has 3 heterocycles. The van der Waals surface area contributed by atoms with Crippen molar-refractivity contribution in [2.45, 2.75) is 32.4 Å². The predicted octanol–water partition coefficient (Wildman–Crippen LogP) is 3.61. The Morgan fingerprint density at radius 2 is 1.96 bits per heavy atom. The van der Waals surface area contributed by atoms with Crippen LogP contribution in [-0.4, -0.2) is 35.0 Å². The summed E-state index contributed by atoms with van der Waals surface area (Å²) in [6.07, 6.45) is 3.88. The monoisotopic (exact) mass is 368 g/mol. The van der Waals surface area contributed by atoms with Crippen molar-refractivity contribution in [2.75, 3.05) is 25.0 Å². The van der Waals surface area contributed by atoms with E-state index in [4.69, 9.17) is 0 Å². The fourth-order valence-corrected chi connectivity index (χ4v) is 4.41. The van der Waals surface area contributed by atoms with E-state index in [2.05, 4.69) is 51.1 Å². The Hall–Kier alpha value is -2.18. The van der Waals surface area contributed by atoms with Crippen molar-refractivity contribution < 1.29 is 0 Å². The summed E-state index contributed by atoms with van der Waals surface area (Å²) in [6, 6.07) is 10.6. The summed E-state index contributed by atoms with van der Waals surface area (Å²) in [5.41, 5.74) is 3.42. The van der Waals surface area contributed by atoms with E-state index in [0.29, 0.717) is 11.2 Å². The summed E-state index contributed by atoms with van der Waals surface area (Å²) in [5, 5.41) is 1.91. The second kappa shape index (κ2) is 7.60. The third kappa shape index (κ3) is 3.66. The zero-order valence-electron chi connectivity index (χ0n) is 15.1. The largest absolute Gasteiger partial charge is 0.371 e. The molecule has 3 aromatic rings. The summed E-state index contributed by atoms with van der Waals surface area (Å²) in [4.78, 5) is 24.4. The number of hydrogen-bond donors (Lipinski definition) is 1. The minimum Gasteiger partial charge on any atom is -0.371 e. The number of benzene rings is 1. The van der Waals surface area contributed by atoms with Gasteiger partial charge in [-0.3, -0.25) is 9.69 Å². The van der Waals surface area contributed by atoms with Gasteiger partial charge in [-0.1, -0.05) is 18.2 Å². The zero-order valence-corrected chi connectivity index (χ0v) is 15.9. The van der Waals surface area contributed by atoms with Crippen LogP contribution in [0.2, 0.25) is 0 Å². The first kappa shape index (κ1) is 17.2. The molecule has 0 bridgehead atoms. The van der Waals surface area contributed by atoms with Gasteiger partial charge in [-0.25, -0.2) is 4.98 Å². The number of H-pyrrole nitrogens is 1. The number of nitrogens with zero attached hydrogens (tertiary/aromatic N) is 3. The number of aromatic amines is 1. The third-order valence-electron chi connectivity index (χ3n) is 4.91. The van der Waals surface area contributed by atoms with E-state index in [1.807, 2.05) is 11.4 Å². The number of piperidine rings is 1. The van der Waals surface area contributed by atoms with Crippen molar-refractivity contribution in [1.29, 1.82) is 0 Å². The molecule has 0 saturated carbocycles.